The van der Waals surface area contributed by atoms with Crippen LogP contribution in [-0.4, -0.2) is 41.8 Å². The van der Waals surface area contributed by atoms with Crippen LogP contribution in [0.3, 0.4) is 0 Å². The van der Waals surface area contributed by atoms with Crippen molar-refractivity contribution in [2.24, 2.45) is 0 Å². The van der Waals surface area contributed by atoms with Gasteiger partial charge < -0.3 is 19.9 Å². The molecule has 1 aromatic rings. The Bertz CT molecular complexity index is 390. The monoisotopic (exact) mass is 268 g/mol. The highest BCUT2D eigenvalue weighted by Crippen LogP contribution is 2.10. The zero-order chi connectivity index (χ0) is 14.3. The van der Waals surface area contributed by atoms with Crippen molar-refractivity contribution >= 4 is 5.91 Å². The van der Waals surface area contributed by atoms with Gasteiger partial charge in [0.25, 0.3) is 0 Å². The molecule has 108 valence electrons. The molecule has 1 amide bonds. The molecule has 1 unspecified atom stereocenters. The van der Waals surface area contributed by atoms with Gasteiger partial charge in [0.2, 0.25) is 5.91 Å². The highest BCUT2D eigenvalue weighted by molar-refractivity contribution is 5.79. The first-order valence-corrected chi connectivity index (χ1v) is 6.57. The van der Waals surface area contributed by atoms with E-state index in [9.17, 15) is 4.79 Å². The van der Waals surface area contributed by atoms with Gasteiger partial charge in [-0.15, -0.1) is 0 Å². The molecule has 19 heavy (non-hydrogen) atoms. The Labute approximate surface area is 114 Å². The fourth-order valence-electron chi connectivity index (χ4n) is 1.68. The maximum absolute atomic E-state index is 12.0. The molecule has 0 aliphatic heterocycles. The minimum Gasteiger partial charge on any atom is -0.383 e. The van der Waals surface area contributed by atoms with E-state index >= 15 is 0 Å². The zero-order valence-electron chi connectivity index (χ0n) is 12.1. The molecule has 1 rings (SSSR count). The predicted molar refractivity (Wildman–Crippen MR) is 73.8 cm³/mol. The highest BCUT2D eigenvalue weighted by Gasteiger charge is 2.16. The van der Waals surface area contributed by atoms with Crippen molar-refractivity contribution < 1.29 is 9.53 Å². The number of carbonyl (C=O) groups is 1. The van der Waals surface area contributed by atoms with Crippen molar-refractivity contribution in [1.82, 2.24) is 20.2 Å². The van der Waals surface area contributed by atoms with Crippen LogP contribution >= 0.6 is 0 Å². The number of hydrogen-bond acceptors (Lipinski definition) is 4. The maximum atomic E-state index is 12.0. The minimum atomic E-state index is -0.275. The highest BCUT2D eigenvalue weighted by atomic mass is 16.5. The summed E-state index contributed by atoms with van der Waals surface area (Å²) in [5.41, 5.74) is 1.00. The molecular formula is C13H24N4O2. The third-order valence-electron chi connectivity index (χ3n) is 2.84. The van der Waals surface area contributed by atoms with Gasteiger partial charge in [0.1, 0.15) is 6.04 Å². The van der Waals surface area contributed by atoms with Crippen LogP contribution in [0.4, 0.5) is 0 Å². The molecule has 0 saturated heterocycles. The predicted octanol–water partition coefficient (Wildman–Crippen LogP) is 0.705. The fourth-order valence-corrected chi connectivity index (χ4v) is 1.68. The van der Waals surface area contributed by atoms with Crippen molar-refractivity contribution in [2.45, 2.75) is 39.4 Å². The topological polar surface area (TPSA) is 68.2 Å². The molecule has 0 aliphatic rings. The number of nitrogens with one attached hydrogen (secondary N) is 2. The summed E-state index contributed by atoms with van der Waals surface area (Å²) in [4.78, 5) is 16.1. The molecule has 0 aromatic carbocycles. The van der Waals surface area contributed by atoms with Crippen molar-refractivity contribution in [3.05, 3.63) is 18.2 Å². The quantitative estimate of drug-likeness (QED) is 0.681. The fraction of sp³-hybridized carbons (Fsp3) is 0.692. The first-order chi connectivity index (χ1) is 9.06. The van der Waals surface area contributed by atoms with Gasteiger partial charge in [-0.05, 0) is 6.92 Å². The van der Waals surface area contributed by atoms with Gasteiger partial charge in [-0.1, -0.05) is 13.8 Å². The summed E-state index contributed by atoms with van der Waals surface area (Å²) in [6.45, 7) is 7.78. The molecule has 0 radical (unpaired) electrons. The van der Waals surface area contributed by atoms with Gasteiger partial charge in [-0.3, -0.25) is 4.79 Å². The lowest BCUT2D eigenvalue weighted by Crippen LogP contribution is -2.34. The van der Waals surface area contributed by atoms with E-state index in [0.717, 1.165) is 5.69 Å². The summed E-state index contributed by atoms with van der Waals surface area (Å²) in [6, 6.07) is 0.123. The van der Waals surface area contributed by atoms with E-state index in [1.54, 1.807) is 19.6 Å². The second-order valence-electron chi connectivity index (χ2n) is 4.79. The molecule has 6 nitrogen and oxygen atoms in total. The maximum Gasteiger partial charge on any atom is 0.242 e. The molecule has 0 bridgehead atoms. The number of aromatic nitrogens is 2. The molecule has 1 heterocycles. The van der Waals surface area contributed by atoms with Crippen molar-refractivity contribution in [3.63, 3.8) is 0 Å². The Morgan fingerprint density at radius 2 is 2.21 bits per heavy atom. The van der Waals surface area contributed by atoms with Crippen LogP contribution in [0.5, 0.6) is 0 Å². The Balaban J connectivity index is 2.58. The van der Waals surface area contributed by atoms with Gasteiger partial charge in [-0.25, -0.2) is 4.98 Å². The van der Waals surface area contributed by atoms with Crippen LogP contribution in [0.25, 0.3) is 0 Å². The van der Waals surface area contributed by atoms with Gasteiger partial charge in [0.15, 0.2) is 0 Å². The van der Waals surface area contributed by atoms with Gasteiger partial charge in [-0.2, -0.15) is 0 Å². The van der Waals surface area contributed by atoms with E-state index in [1.165, 1.54) is 0 Å². The number of carbonyl (C=O) groups excluding carboxylic acids is 1. The van der Waals surface area contributed by atoms with Crippen LogP contribution < -0.4 is 10.6 Å². The minimum absolute atomic E-state index is 0.0270. The number of ether oxygens (including phenoxy) is 1. The Kier molecular flexibility index (Phi) is 6.52. The third-order valence-corrected chi connectivity index (χ3v) is 2.84. The zero-order valence-corrected chi connectivity index (χ0v) is 12.1. The molecule has 0 aliphatic carbocycles. The lowest BCUT2D eigenvalue weighted by Gasteiger charge is -2.17. The van der Waals surface area contributed by atoms with E-state index in [0.29, 0.717) is 25.7 Å². The van der Waals surface area contributed by atoms with E-state index in [1.807, 2.05) is 11.5 Å². The van der Waals surface area contributed by atoms with Gasteiger partial charge in [0.05, 0.1) is 18.6 Å². The van der Waals surface area contributed by atoms with Crippen molar-refractivity contribution in [3.8, 4) is 0 Å². The lowest BCUT2D eigenvalue weighted by atomic mass is 10.3. The van der Waals surface area contributed by atoms with Crippen LogP contribution in [0, 0.1) is 0 Å². The van der Waals surface area contributed by atoms with Crippen LogP contribution in [0.15, 0.2) is 12.5 Å². The van der Waals surface area contributed by atoms with E-state index < -0.39 is 0 Å². The molecule has 1 aromatic heterocycles. The van der Waals surface area contributed by atoms with Crippen LogP contribution in [0.1, 0.15) is 32.5 Å². The average Bonchev–Trinajstić information content (AvgIpc) is 2.83. The average molecular weight is 268 g/mol. The second-order valence-corrected chi connectivity index (χ2v) is 4.79. The number of nitrogens with zero attached hydrogens (tertiary/aromatic N) is 2. The Hall–Kier alpha value is -1.40. The van der Waals surface area contributed by atoms with E-state index in [2.05, 4.69) is 29.5 Å². The number of amides is 1. The smallest absolute Gasteiger partial charge is 0.242 e. The normalized spacial score (nSPS) is 12.7. The molecule has 1 atom stereocenters. The Morgan fingerprint density at radius 3 is 2.84 bits per heavy atom. The molecule has 0 spiro atoms. The molecule has 0 fully saturated rings. The molecule has 0 saturated carbocycles. The molecule has 2 N–H and O–H groups in total. The second kappa shape index (κ2) is 7.91. The summed E-state index contributed by atoms with van der Waals surface area (Å²) in [6.07, 6.45) is 3.48. The Morgan fingerprint density at radius 1 is 1.47 bits per heavy atom. The third kappa shape index (κ3) is 5.00. The lowest BCUT2D eigenvalue weighted by molar-refractivity contribution is -0.124. The number of imidazole rings is 1. The standard InChI is InChI=1S/C13H24N4O2/c1-10(2)16-8-12-7-14-9-17(12)11(3)13(18)15-5-6-19-4/h7,9-11,16H,5-6,8H2,1-4H3,(H,15,18). The summed E-state index contributed by atoms with van der Waals surface area (Å²) in [5, 5.41) is 6.15. The van der Waals surface area contributed by atoms with Gasteiger partial charge in [0, 0.05) is 32.4 Å². The number of hydrogen-bond donors (Lipinski definition) is 2. The van der Waals surface area contributed by atoms with Crippen LogP contribution in [0.2, 0.25) is 0 Å². The SMILES string of the molecule is COCCNC(=O)C(C)n1cncc1CNC(C)C. The summed E-state index contributed by atoms with van der Waals surface area (Å²) >= 11 is 0. The van der Waals surface area contributed by atoms with Gasteiger partial charge >= 0.3 is 0 Å². The summed E-state index contributed by atoms with van der Waals surface area (Å²) < 4.78 is 6.79. The number of rotatable bonds is 8. The molecule has 6 heteroatoms. The first-order valence-electron chi connectivity index (χ1n) is 6.57. The summed E-state index contributed by atoms with van der Waals surface area (Å²) in [7, 11) is 1.61. The van der Waals surface area contributed by atoms with Crippen molar-refractivity contribution in [2.75, 3.05) is 20.3 Å². The first kappa shape index (κ1) is 15.7. The molecular weight excluding hydrogens is 244 g/mol. The van der Waals surface area contributed by atoms with E-state index in [-0.39, 0.29) is 11.9 Å². The van der Waals surface area contributed by atoms with E-state index in [4.69, 9.17) is 4.74 Å². The number of methoxy groups -OCH3 is 1. The van der Waals surface area contributed by atoms with Crippen molar-refractivity contribution in [1.29, 1.82) is 0 Å². The summed E-state index contributed by atoms with van der Waals surface area (Å²) in [5.74, 6) is -0.0270. The van der Waals surface area contributed by atoms with Crippen LogP contribution in [-0.2, 0) is 16.1 Å². The largest absolute Gasteiger partial charge is 0.383 e.